The minimum Gasteiger partial charge on any atom is -0.477 e. The van der Waals surface area contributed by atoms with Crippen LogP contribution in [0.25, 0.3) is 0 Å². The summed E-state index contributed by atoms with van der Waals surface area (Å²) in [6.45, 7) is 5.82. The fourth-order valence-corrected chi connectivity index (χ4v) is 3.27. The summed E-state index contributed by atoms with van der Waals surface area (Å²) in [7, 11) is 0. The number of nitrogens with zero attached hydrogens (tertiary/aromatic N) is 1. The summed E-state index contributed by atoms with van der Waals surface area (Å²) in [5.74, 6) is 4.47. The highest BCUT2D eigenvalue weighted by molar-refractivity contribution is 7.15. The number of aromatic carboxylic acids is 1. The third kappa shape index (κ3) is 5.05. The van der Waals surface area contributed by atoms with Crippen molar-refractivity contribution >= 4 is 28.9 Å². The predicted octanol–water partition coefficient (Wildman–Crippen LogP) is 1.32. The largest absolute Gasteiger partial charge is 0.477 e. The molecule has 0 radical (unpaired) electrons. The molecule has 1 amide bonds. The van der Waals surface area contributed by atoms with Gasteiger partial charge in [0.15, 0.2) is 0 Å². The zero-order valence-electron chi connectivity index (χ0n) is 15.0. The Morgan fingerprint density at radius 2 is 2.19 bits per heavy atom. The van der Waals surface area contributed by atoms with E-state index < -0.39 is 30.7 Å². The van der Waals surface area contributed by atoms with Crippen LogP contribution in [-0.2, 0) is 9.53 Å². The highest BCUT2D eigenvalue weighted by atomic mass is 32.1. The SMILES string of the molecule is CC(C)(C)C#Cc1cc(N2CCO[C@H](CC(O)CO)C2=O)c(C(=O)O)s1. The fourth-order valence-electron chi connectivity index (χ4n) is 2.42. The van der Waals surface area contributed by atoms with E-state index in [4.69, 9.17) is 9.84 Å². The van der Waals surface area contributed by atoms with E-state index in [-0.39, 0.29) is 35.6 Å². The minimum atomic E-state index is -1.12. The molecule has 0 aromatic carbocycles. The number of anilines is 1. The highest BCUT2D eigenvalue weighted by Gasteiger charge is 2.34. The molecule has 0 saturated carbocycles. The van der Waals surface area contributed by atoms with Crippen molar-refractivity contribution in [2.45, 2.75) is 39.4 Å². The van der Waals surface area contributed by atoms with Crippen molar-refractivity contribution in [1.82, 2.24) is 0 Å². The number of hydrogen-bond acceptors (Lipinski definition) is 6. The second kappa shape index (κ2) is 8.18. The molecule has 7 nitrogen and oxygen atoms in total. The van der Waals surface area contributed by atoms with Crippen molar-refractivity contribution in [2.24, 2.45) is 5.41 Å². The number of morpholine rings is 1. The number of thiophene rings is 1. The molecule has 1 fully saturated rings. The molecule has 2 atom stereocenters. The van der Waals surface area contributed by atoms with Gasteiger partial charge in [0, 0.05) is 18.4 Å². The van der Waals surface area contributed by atoms with Crippen LogP contribution in [0.5, 0.6) is 0 Å². The van der Waals surface area contributed by atoms with E-state index in [1.54, 1.807) is 6.07 Å². The van der Waals surface area contributed by atoms with Gasteiger partial charge in [0.05, 0.1) is 29.9 Å². The Morgan fingerprint density at radius 1 is 1.50 bits per heavy atom. The highest BCUT2D eigenvalue weighted by Crippen LogP contribution is 2.32. The van der Waals surface area contributed by atoms with E-state index in [9.17, 15) is 19.8 Å². The van der Waals surface area contributed by atoms with Crippen LogP contribution in [0.2, 0.25) is 0 Å². The van der Waals surface area contributed by atoms with Crippen molar-refractivity contribution < 1.29 is 29.6 Å². The first-order valence-electron chi connectivity index (χ1n) is 8.24. The maximum atomic E-state index is 12.7. The van der Waals surface area contributed by atoms with Crippen LogP contribution < -0.4 is 4.90 Å². The van der Waals surface area contributed by atoms with Crippen LogP contribution in [0.15, 0.2) is 6.07 Å². The summed E-state index contributed by atoms with van der Waals surface area (Å²) in [6.07, 6.45) is -2.04. The van der Waals surface area contributed by atoms with Gasteiger partial charge >= 0.3 is 5.97 Å². The molecule has 3 N–H and O–H groups in total. The number of hydrogen-bond donors (Lipinski definition) is 3. The number of rotatable bonds is 5. The first kappa shape index (κ1) is 20.4. The van der Waals surface area contributed by atoms with Gasteiger partial charge < -0.3 is 25.0 Å². The molecule has 2 heterocycles. The van der Waals surface area contributed by atoms with Gasteiger partial charge in [-0.25, -0.2) is 4.79 Å². The maximum Gasteiger partial charge on any atom is 0.348 e. The lowest BCUT2D eigenvalue weighted by molar-refractivity contribution is -0.136. The summed E-state index contributed by atoms with van der Waals surface area (Å²) in [5.41, 5.74) is 0.0610. The number of carbonyl (C=O) groups excluding carboxylic acids is 1. The first-order valence-corrected chi connectivity index (χ1v) is 9.06. The average Bonchev–Trinajstić information content (AvgIpc) is 2.98. The summed E-state index contributed by atoms with van der Waals surface area (Å²) in [4.78, 5) is 26.2. The quantitative estimate of drug-likeness (QED) is 0.664. The second-order valence-corrected chi connectivity index (χ2v) is 8.10. The van der Waals surface area contributed by atoms with E-state index in [1.165, 1.54) is 4.90 Å². The Balaban J connectivity index is 2.33. The minimum absolute atomic E-state index is 0.0416. The lowest BCUT2D eigenvalue weighted by Crippen LogP contribution is -2.49. The van der Waals surface area contributed by atoms with Crippen LogP contribution in [0.4, 0.5) is 5.69 Å². The molecule has 1 aliphatic rings. The summed E-state index contributed by atoms with van der Waals surface area (Å²) >= 11 is 1.03. The molecule has 0 aliphatic carbocycles. The van der Waals surface area contributed by atoms with Crippen molar-refractivity contribution in [3.63, 3.8) is 0 Å². The third-order valence-electron chi connectivity index (χ3n) is 3.63. The third-order valence-corrected chi connectivity index (χ3v) is 4.66. The lowest BCUT2D eigenvalue weighted by Gasteiger charge is -2.32. The number of ether oxygens (including phenoxy) is 1. The topological polar surface area (TPSA) is 107 Å². The number of carboxylic acid groups (broad SMARTS) is 1. The Morgan fingerprint density at radius 3 is 2.77 bits per heavy atom. The molecule has 0 spiro atoms. The molecule has 1 aromatic heterocycles. The van der Waals surface area contributed by atoms with Crippen LogP contribution in [-0.4, -0.2) is 59.2 Å². The van der Waals surface area contributed by atoms with Crippen LogP contribution >= 0.6 is 11.3 Å². The molecule has 2 rings (SSSR count). The first-order chi connectivity index (χ1) is 12.1. The molecule has 26 heavy (non-hydrogen) atoms. The van der Waals surface area contributed by atoms with Gasteiger partial charge in [-0.3, -0.25) is 4.79 Å². The Bertz CT molecular complexity index is 739. The molecule has 1 saturated heterocycles. The predicted molar refractivity (Wildman–Crippen MR) is 97.4 cm³/mol. The second-order valence-electron chi connectivity index (χ2n) is 7.05. The number of amides is 1. The van der Waals surface area contributed by atoms with Gasteiger partial charge in [-0.15, -0.1) is 11.3 Å². The molecular formula is C18H23NO6S. The molecule has 142 valence electrons. The van der Waals surface area contributed by atoms with E-state index in [2.05, 4.69) is 11.8 Å². The standard InChI is InChI=1S/C18H23NO6S/c1-18(2,3)5-4-12-9-13(15(26-12)17(23)24)19-6-7-25-14(16(19)22)8-11(21)10-20/h9,11,14,20-21H,6-8,10H2,1-3H3,(H,23,24)/t11?,14-/m1/s1. The molecule has 1 aliphatic heterocycles. The van der Waals surface area contributed by atoms with Gasteiger partial charge in [0.25, 0.3) is 5.91 Å². The maximum absolute atomic E-state index is 12.7. The molecule has 0 bridgehead atoms. The van der Waals surface area contributed by atoms with E-state index in [0.29, 0.717) is 4.88 Å². The summed E-state index contributed by atoms with van der Waals surface area (Å²) in [6, 6.07) is 1.61. The zero-order valence-corrected chi connectivity index (χ0v) is 15.8. The van der Waals surface area contributed by atoms with E-state index >= 15 is 0 Å². The molecular weight excluding hydrogens is 358 g/mol. The van der Waals surface area contributed by atoms with Crippen LogP contribution in [0, 0.1) is 17.3 Å². The lowest BCUT2D eigenvalue weighted by atomic mass is 9.98. The van der Waals surface area contributed by atoms with Gasteiger partial charge in [-0.2, -0.15) is 0 Å². The van der Waals surface area contributed by atoms with Crippen molar-refractivity contribution in [1.29, 1.82) is 0 Å². The van der Waals surface area contributed by atoms with Crippen molar-refractivity contribution in [2.75, 3.05) is 24.7 Å². The summed E-state index contributed by atoms with van der Waals surface area (Å²) in [5, 5.41) is 28.0. The number of aliphatic hydroxyl groups is 2. The van der Waals surface area contributed by atoms with Gasteiger partial charge in [0.2, 0.25) is 0 Å². The van der Waals surface area contributed by atoms with E-state index in [1.807, 2.05) is 20.8 Å². The Kier molecular flexibility index (Phi) is 6.42. The normalized spacial score (nSPS) is 19.0. The van der Waals surface area contributed by atoms with E-state index in [0.717, 1.165) is 11.3 Å². The summed E-state index contributed by atoms with van der Waals surface area (Å²) < 4.78 is 5.38. The smallest absolute Gasteiger partial charge is 0.348 e. The van der Waals surface area contributed by atoms with Gasteiger partial charge in [-0.05, 0) is 26.8 Å². The van der Waals surface area contributed by atoms with Crippen molar-refractivity contribution in [3.05, 3.63) is 15.8 Å². The van der Waals surface area contributed by atoms with Crippen molar-refractivity contribution in [3.8, 4) is 11.8 Å². The monoisotopic (exact) mass is 381 g/mol. The average molecular weight is 381 g/mol. The fraction of sp³-hybridized carbons (Fsp3) is 0.556. The Hall–Kier alpha value is -1.92. The molecule has 8 heteroatoms. The molecule has 1 unspecified atom stereocenters. The number of carboxylic acids is 1. The van der Waals surface area contributed by atoms with Gasteiger partial charge in [0.1, 0.15) is 11.0 Å². The van der Waals surface area contributed by atoms with Crippen LogP contribution in [0.3, 0.4) is 0 Å². The number of aliphatic hydroxyl groups excluding tert-OH is 2. The molecule has 1 aromatic rings. The Labute approximate surface area is 156 Å². The number of carbonyl (C=O) groups is 2. The van der Waals surface area contributed by atoms with Gasteiger partial charge in [-0.1, -0.05) is 11.8 Å². The zero-order chi connectivity index (χ0) is 19.5. The van der Waals surface area contributed by atoms with Crippen LogP contribution in [0.1, 0.15) is 41.7 Å².